The zero-order valence-corrected chi connectivity index (χ0v) is 12.5. The largest absolute Gasteiger partial charge is 0.418 e. The van der Waals surface area contributed by atoms with E-state index in [1.807, 2.05) is 27.7 Å². The summed E-state index contributed by atoms with van der Waals surface area (Å²) in [6, 6.07) is 2.39. The highest BCUT2D eigenvalue weighted by atomic mass is 19.4. The van der Waals surface area contributed by atoms with Crippen LogP contribution in [0.2, 0.25) is 0 Å². The van der Waals surface area contributed by atoms with Gasteiger partial charge in [0.15, 0.2) is 0 Å². The van der Waals surface area contributed by atoms with Crippen LogP contribution in [-0.2, 0) is 12.6 Å². The summed E-state index contributed by atoms with van der Waals surface area (Å²) in [4.78, 5) is 3.95. The number of aromatic nitrogens is 1. The predicted octanol–water partition coefficient (Wildman–Crippen LogP) is 4.06. The summed E-state index contributed by atoms with van der Waals surface area (Å²) >= 11 is 0. The molecule has 1 atom stereocenters. The van der Waals surface area contributed by atoms with Crippen LogP contribution in [-0.4, -0.2) is 17.6 Å². The van der Waals surface area contributed by atoms with Crippen molar-refractivity contribution in [3.05, 3.63) is 29.6 Å². The fraction of sp³-hybridized carbons (Fsp3) is 0.667. The second-order valence-electron chi connectivity index (χ2n) is 6.07. The molecule has 2 nitrogen and oxygen atoms in total. The summed E-state index contributed by atoms with van der Waals surface area (Å²) in [5.41, 5.74) is -0.647. The zero-order valence-electron chi connectivity index (χ0n) is 12.5. The van der Waals surface area contributed by atoms with Gasteiger partial charge in [-0.2, -0.15) is 13.2 Å². The molecular formula is C15H23F3N2. The van der Waals surface area contributed by atoms with Gasteiger partial charge < -0.3 is 5.32 Å². The molecule has 1 heterocycles. The van der Waals surface area contributed by atoms with E-state index in [0.29, 0.717) is 0 Å². The summed E-state index contributed by atoms with van der Waals surface area (Å²) < 4.78 is 39.0. The number of nitrogens with zero attached hydrogens (tertiary/aromatic N) is 1. The molecule has 1 aromatic rings. The van der Waals surface area contributed by atoms with Crippen LogP contribution in [0.1, 0.15) is 45.4 Å². The lowest BCUT2D eigenvalue weighted by Gasteiger charge is -2.32. The Morgan fingerprint density at radius 3 is 2.40 bits per heavy atom. The Morgan fingerprint density at radius 2 is 1.90 bits per heavy atom. The van der Waals surface area contributed by atoms with E-state index in [0.717, 1.165) is 19.0 Å². The van der Waals surface area contributed by atoms with Crippen molar-refractivity contribution in [1.29, 1.82) is 0 Å². The Morgan fingerprint density at radius 1 is 1.25 bits per heavy atom. The molecule has 0 aliphatic rings. The quantitative estimate of drug-likeness (QED) is 0.884. The maximum Gasteiger partial charge on any atom is 0.418 e. The van der Waals surface area contributed by atoms with Gasteiger partial charge in [-0.15, -0.1) is 0 Å². The first-order valence-corrected chi connectivity index (χ1v) is 6.90. The topological polar surface area (TPSA) is 24.9 Å². The van der Waals surface area contributed by atoms with Crippen LogP contribution < -0.4 is 5.32 Å². The van der Waals surface area contributed by atoms with Crippen LogP contribution in [0, 0.1) is 5.41 Å². The standard InChI is InChI=1S/C15H23F3N2/c1-5-8-20-13(14(2,3)4)10-12-11(15(16,17)18)7-6-9-19-12/h6-7,9,13,20H,5,8,10H2,1-4H3. The average Bonchev–Trinajstić information content (AvgIpc) is 2.32. The van der Waals surface area contributed by atoms with Crippen molar-refractivity contribution in [1.82, 2.24) is 10.3 Å². The number of rotatable bonds is 5. The Hall–Kier alpha value is -1.10. The van der Waals surface area contributed by atoms with Gasteiger partial charge in [0.1, 0.15) is 0 Å². The molecule has 1 N–H and O–H groups in total. The van der Waals surface area contributed by atoms with Gasteiger partial charge in [0.2, 0.25) is 0 Å². The monoisotopic (exact) mass is 288 g/mol. The van der Waals surface area contributed by atoms with E-state index in [1.165, 1.54) is 12.3 Å². The third-order valence-electron chi connectivity index (χ3n) is 3.28. The molecule has 0 saturated carbocycles. The van der Waals surface area contributed by atoms with E-state index in [1.54, 1.807) is 0 Å². The number of nitrogens with one attached hydrogen (secondary N) is 1. The number of hydrogen-bond acceptors (Lipinski definition) is 2. The number of alkyl halides is 3. The number of halogens is 3. The van der Waals surface area contributed by atoms with Gasteiger partial charge in [0, 0.05) is 18.7 Å². The van der Waals surface area contributed by atoms with Gasteiger partial charge in [-0.05, 0) is 30.5 Å². The van der Waals surface area contributed by atoms with Gasteiger partial charge in [-0.1, -0.05) is 27.7 Å². The Kier molecular flexibility index (Phi) is 5.57. The van der Waals surface area contributed by atoms with Crippen molar-refractivity contribution in [3.63, 3.8) is 0 Å². The molecule has 5 heteroatoms. The van der Waals surface area contributed by atoms with Gasteiger partial charge in [-0.25, -0.2) is 0 Å². The molecule has 0 aromatic carbocycles. The molecule has 0 bridgehead atoms. The van der Waals surface area contributed by atoms with Crippen molar-refractivity contribution in [2.24, 2.45) is 5.41 Å². The highest BCUT2D eigenvalue weighted by molar-refractivity contribution is 5.24. The number of pyridine rings is 1. The fourth-order valence-corrected chi connectivity index (χ4v) is 2.06. The molecule has 0 aliphatic heterocycles. The molecule has 1 rings (SSSR count). The van der Waals surface area contributed by atoms with Crippen LogP contribution in [0.4, 0.5) is 13.2 Å². The van der Waals surface area contributed by atoms with Crippen molar-refractivity contribution in [3.8, 4) is 0 Å². The molecule has 0 fully saturated rings. The van der Waals surface area contributed by atoms with E-state index < -0.39 is 11.7 Å². The summed E-state index contributed by atoms with van der Waals surface area (Å²) in [7, 11) is 0. The minimum absolute atomic E-state index is 0.0431. The first-order valence-electron chi connectivity index (χ1n) is 6.90. The molecule has 0 radical (unpaired) electrons. The number of hydrogen-bond donors (Lipinski definition) is 1. The van der Waals surface area contributed by atoms with Crippen molar-refractivity contribution >= 4 is 0 Å². The lowest BCUT2D eigenvalue weighted by atomic mass is 9.83. The normalized spacial score (nSPS) is 14.3. The first kappa shape index (κ1) is 17.0. The lowest BCUT2D eigenvalue weighted by Crippen LogP contribution is -2.42. The van der Waals surface area contributed by atoms with Crippen LogP contribution >= 0.6 is 0 Å². The Labute approximate surface area is 118 Å². The van der Waals surface area contributed by atoms with E-state index in [9.17, 15) is 13.2 Å². The zero-order chi connectivity index (χ0) is 15.4. The molecule has 1 aromatic heterocycles. The highest BCUT2D eigenvalue weighted by Gasteiger charge is 2.35. The van der Waals surface area contributed by atoms with E-state index in [4.69, 9.17) is 0 Å². The SMILES string of the molecule is CCCNC(Cc1ncccc1C(F)(F)F)C(C)(C)C. The molecule has 0 spiro atoms. The van der Waals surface area contributed by atoms with E-state index in [-0.39, 0.29) is 23.6 Å². The summed E-state index contributed by atoms with van der Waals surface area (Å²) in [5, 5.41) is 3.33. The van der Waals surface area contributed by atoms with E-state index in [2.05, 4.69) is 10.3 Å². The van der Waals surface area contributed by atoms with Crippen molar-refractivity contribution in [2.45, 2.75) is 52.8 Å². The van der Waals surface area contributed by atoms with Gasteiger partial charge in [-0.3, -0.25) is 4.98 Å². The minimum atomic E-state index is -4.35. The summed E-state index contributed by atoms with van der Waals surface area (Å²) in [6.45, 7) is 8.90. The van der Waals surface area contributed by atoms with Gasteiger partial charge in [0.25, 0.3) is 0 Å². The molecule has 0 saturated heterocycles. The van der Waals surface area contributed by atoms with Crippen LogP contribution in [0.15, 0.2) is 18.3 Å². The fourth-order valence-electron chi connectivity index (χ4n) is 2.06. The van der Waals surface area contributed by atoms with E-state index >= 15 is 0 Å². The maximum atomic E-state index is 13.0. The van der Waals surface area contributed by atoms with Crippen LogP contribution in [0.25, 0.3) is 0 Å². The average molecular weight is 288 g/mol. The highest BCUT2D eigenvalue weighted by Crippen LogP contribution is 2.33. The summed E-state index contributed by atoms with van der Waals surface area (Å²) in [6.07, 6.45) is -1.71. The molecule has 0 aliphatic carbocycles. The van der Waals surface area contributed by atoms with Crippen molar-refractivity contribution < 1.29 is 13.2 Å². The smallest absolute Gasteiger partial charge is 0.313 e. The first-order chi connectivity index (χ1) is 9.16. The van der Waals surface area contributed by atoms with Crippen molar-refractivity contribution in [2.75, 3.05) is 6.54 Å². The summed E-state index contributed by atoms with van der Waals surface area (Å²) in [5.74, 6) is 0. The van der Waals surface area contributed by atoms with Gasteiger partial charge in [0.05, 0.1) is 11.3 Å². The second-order valence-corrected chi connectivity index (χ2v) is 6.07. The lowest BCUT2D eigenvalue weighted by molar-refractivity contribution is -0.138. The molecule has 114 valence electrons. The molecule has 20 heavy (non-hydrogen) atoms. The molecular weight excluding hydrogens is 265 g/mol. The van der Waals surface area contributed by atoms with Crippen LogP contribution in [0.5, 0.6) is 0 Å². The Balaban J connectivity index is 3.00. The maximum absolute atomic E-state index is 13.0. The third kappa shape index (κ3) is 4.78. The molecule has 0 amide bonds. The third-order valence-corrected chi connectivity index (χ3v) is 3.28. The Bertz CT molecular complexity index is 422. The minimum Gasteiger partial charge on any atom is -0.313 e. The van der Waals surface area contributed by atoms with Crippen LogP contribution in [0.3, 0.4) is 0 Å². The van der Waals surface area contributed by atoms with Gasteiger partial charge >= 0.3 is 6.18 Å². The predicted molar refractivity (Wildman–Crippen MR) is 74.5 cm³/mol. The molecule has 1 unspecified atom stereocenters. The second kappa shape index (κ2) is 6.57.